The predicted molar refractivity (Wildman–Crippen MR) is 157 cm³/mol. The number of hydrogen-bond donors (Lipinski definition) is 1. The quantitative estimate of drug-likeness (QED) is 0.414. The van der Waals surface area contributed by atoms with E-state index >= 15 is 0 Å². The minimum atomic E-state index is -4.10. The standard InChI is InChI=1S/C29H32Cl2N6O3S/c30-25-10-8-23(17-26(25)31)41(39,40)36-14-11-32-29(38)28(36)16-22-18-33-34-37(22)27-6-4-5-21-15-20(7-9-24(21)27)19-35-12-2-1-3-13-35/h7-11,14-15,17-18,27-28H,1-6,12-13,16,19H2,(H,32,38)/t27-,28-/m1/s1. The van der Waals surface area contributed by atoms with Crippen molar-refractivity contribution in [2.24, 2.45) is 0 Å². The van der Waals surface area contributed by atoms with Gasteiger partial charge in [-0.25, -0.2) is 13.1 Å². The first kappa shape index (κ1) is 28.2. The Labute approximate surface area is 250 Å². The van der Waals surface area contributed by atoms with E-state index in [9.17, 15) is 13.2 Å². The highest BCUT2D eigenvalue weighted by Gasteiger charge is 2.37. The van der Waals surface area contributed by atoms with Crippen LogP contribution in [0.15, 0.2) is 59.9 Å². The number of carbonyl (C=O) groups excluding carboxylic acids is 1. The van der Waals surface area contributed by atoms with Crippen molar-refractivity contribution in [1.82, 2.24) is 29.5 Å². The molecule has 0 bridgehead atoms. The van der Waals surface area contributed by atoms with Crippen molar-refractivity contribution in [3.05, 3.63) is 87.4 Å². The molecule has 1 aromatic heterocycles. The monoisotopic (exact) mass is 614 g/mol. The van der Waals surface area contributed by atoms with Crippen molar-refractivity contribution in [3.63, 3.8) is 0 Å². The number of halogens is 2. The highest BCUT2D eigenvalue weighted by molar-refractivity contribution is 7.89. The Morgan fingerprint density at radius 2 is 1.83 bits per heavy atom. The maximum atomic E-state index is 13.6. The Hall–Kier alpha value is -2.92. The third-order valence-electron chi connectivity index (χ3n) is 8.22. The predicted octanol–water partition coefficient (Wildman–Crippen LogP) is 4.70. The summed E-state index contributed by atoms with van der Waals surface area (Å²) >= 11 is 12.1. The van der Waals surface area contributed by atoms with Crippen molar-refractivity contribution in [2.75, 3.05) is 13.1 Å². The van der Waals surface area contributed by atoms with Crippen molar-refractivity contribution < 1.29 is 13.2 Å². The average Bonchev–Trinajstić information content (AvgIpc) is 3.43. The lowest BCUT2D eigenvalue weighted by Crippen LogP contribution is -2.50. The fraction of sp³-hybridized carbons (Fsp3) is 0.414. The second kappa shape index (κ2) is 11.8. The Morgan fingerprint density at radius 3 is 2.63 bits per heavy atom. The van der Waals surface area contributed by atoms with E-state index in [1.807, 2.05) is 4.68 Å². The van der Waals surface area contributed by atoms with Gasteiger partial charge in [0.15, 0.2) is 0 Å². The van der Waals surface area contributed by atoms with E-state index in [0.717, 1.165) is 43.2 Å². The van der Waals surface area contributed by atoms with Gasteiger partial charge in [0.1, 0.15) is 6.04 Å². The molecule has 0 radical (unpaired) electrons. The summed E-state index contributed by atoms with van der Waals surface area (Å²) in [6, 6.07) is 9.78. The summed E-state index contributed by atoms with van der Waals surface area (Å²) in [5.74, 6) is -0.435. The molecule has 2 aliphatic heterocycles. The van der Waals surface area contributed by atoms with Crippen LogP contribution in [0, 0.1) is 0 Å². The number of piperidine rings is 1. The molecular weight excluding hydrogens is 583 g/mol. The van der Waals surface area contributed by atoms with Gasteiger partial charge in [-0.1, -0.05) is 53.0 Å². The van der Waals surface area contributed by atoms with Gasteiger partial charge in [0.2, 0.25) is 5.91 Å². The molecule has 2 atom stereocenters. The molecule has 9 nitrogen and oxygen atoms in total. The number of benzene rings is 2. The first-order valence-corrected chi connectivity index (χ1v) is 16.2. The summed E-state index contributed by atoms with van der Waals surface area (Å²) in [5.41, 5.74) is 4.54. The van der Waals surface area contributed by atoms with Crippen LogP contribution in [0.4, 0.5) is 0 Å². The zero-order chi connectivity index (χ0) is 28.6. The topological polar surface area (TPSA) is 100 Å². The number of aryl methyl sites for hydroxylation is 1. The SMILES string of the molecule is O=C1NC=CN(S(=O)(=O)c2ccc(Cl)c(Cl)c2)[C@@H]1Cc1cnnn1[C@@H]1CCCc2cc(CN3CCCCC3)ccc21. The highest BCUT2D eigenvalue weighted by Crippen LogP contribution is 2.35. The van der Waals surface area contributed by atoms with Gasteiger partial charge in [0, 0.05) is 25.4 Å². The summed E-state index contributed by atoms with van der Waals surface area (Å²) in [6.45, 7) is 3.29. The third kappa shape index (κ3) is 5.75. The summed E-state index contributed by atoms with van der Waals surface area (Å²) < 4.78 is 30.2. The zero-order valence-corrected chi connectivity index (χ0v) is 24.9. The van der Waals surface area contributed by atoms with Gasteiger partial charge in [-0.15, -0.1) is 5.10 Å². The largest absolute Gasteiger partial charge is 0.329 e. The second-order valence-electron chi connectivity index (χ2n) is 10.9. The van der Waals surface area contributed by atoms with Crippen LogP contribution in [-0.4, -0.2) is 57.7 Å². The lowest BCUT2D eigenvalue weighted by Gasteiger charge is -2.32. The number of likely N-dealkylation sites (tertiary alicyclic amines) is 1. The van der Waals surface area contributed by atoms with E-state index in [0.29, 0.717) is 5.69 Å². The minimum Gasteiger partial charge on any atom is -0.329 e. The fourth-order valence-corrected chi connectivity index (χ4v) is 7.98. The number of hydrogen-bond acceptors (Lipinski definition) is 6. The molecular formula is C29H32Cl2N6O3S. The van der Waals surface area contributed by atoms with Crippen molar-refractivity contribution >= 4 is 39.1 Å². The third-order valence-corrected chi connectivity index (χ3v) is 10.7. The maximum Gasteiger partial charge on any atom is 0.264 e. The second-order valence-corrected chi connectivity index (χ2v) is 13.6. The molecule has 0 spiro atoms. The van der Waals surface area contributed by atoms with Crippen molar-refractivity contribution in [1.29, 1.82) is 0 Å². The summed E-state index contributed by atoms with van der Waals surface area (Å²) in [6.07, 6.45) is 11.2. The molecule has 41 heavy (non-hydrogen) atoms. The number of rotatable bonds is 7. The number of carbonyl (C=O) groups is 1. The molecule has 1 aliphatic carbocycles. The summed E-state index contributed by atoms with van der Waals surface area (Å²) in [5, 5.41) is 11.6. The van der Waals surface area contributed by atoms with Gasteiger partial charge < -0.3 is 5.32 Å². The molecule has 3 aliphatic rings. The first-order valence-electron chi connectivity index (χ1n) is 14.0. The highest BCUT2D eigenvalue weighted by atomic mass is 35.5. The molecule has 6 rings (SSSR count). The average molecular weight is 616 g/mol. The van der Waals surface area contributed by atoms with Crippen molar-refractivity contribution in [3.8, 4) is 0 Å². The Bertz CT molecular complexity index is 1580. The summed E-state index contributed by atoms with van der Waals surface area (Å²) in [4.78, 5) is 15.5. The van der Waals surface area contributed by atoms with Crippen LogP contribution in [0.25, 0.3) is 0 Å². The van der Waals surface area contributed by atoms with E-state index in [4.69, 9.17) is 23.2 Å². The molecule has 1 N–H and O–H groups in total. The minimum absolute atomic E-state index is 0.0393. The van der Waals surface area contributed by atoms with E-state index in [-0.39, 0.29) is 27.4 Å². The Kier molecular flexibility index (Phi) is 8.09. The van der Waals surface area contributed by atoms with Crippen LogP contribution >= 0.6 is 23.2 Å². The molecule has 1 fully saturated rings. The van der Waals surface area contributed by atoms with Crippen molar-refractivity contribution in [2.45, 2.75) is 68.5 Å². The molecule has 0 unspecified atom stereocenters. The number of nitrogens with one attached hydrogen (secondary N) is 1. The molecule has 3 heterocycles. The Balaban J connectivity index is 1.26. The van der Waals surface area contributed by atoms with Gasteiger partial charge in [-0.2, -0.15) is 0 Å². The maximum absolute atomic E-state index is 13.6. The van der Waals surface area contributed by atoms with Crippen LogP contribution in [0.1, 0.15) is 60.5 Å². The zero-order valence-electron chi connectivity index (χ0n) is 22.5. The van der Waals surface area contributed by atoms with Gasteiger partial charge in [0.25, 0.3) is 10.0 Å². The molecule has 216 valence electrons. The molecule has 0 saturated carbocycles. The number of fused-ring (bicyclic) bond motifs is 1. The van der Waals surface area contributed by atoms with Gasteiger partial charge in [-0.05, 0) is 80.1 Å². The number of nitrogens with zero attached hydrogens (tertiary/aromatic N) is 5. The van der Waals surface area contributed by atoms with Crippen LogP contribution in [0.2, 0.25) is 10.0 Å². The molecule has 1 amide bonds. The van der Waals surface area contributed by atoms with Crippen LogP contribution < -0.4 is 5.32 Å². The van der Waals surface area contributed by atoms with Gasteiger partial charge >= 0.3 is 0 Å². The molecule has 3 aromatic rings. The van der Waals surface area contributed by atoms with Crippen LogP contribution in [0.5, 0.6) is 0 Å². The van der Waals surface area contributed by atoms with E-state index in [1.165, 1.54) is 66.6 Å². The lowest BCUT2D eigenvalue weighted by atomic mass is 9.86. The first-order chi connectivity index (χ1) is 19.8. The molecule has 12 heteroatoms. The van der Waals surface area contributed by atoms with Gasteiger partial charge in [-0.3, -0.25) is 14.0 Å². The smallest absolute Gasteiger partial charge is 0.264 e. The number of amides is 1. The Morgan fingerprint density at radius 1 is 1.00 bits per heavy atom. The van der Waals surface area contributed by atoms with Crippen LogP contribution in [0.3, 0.4) is 0 Å². The van der Waals surface area contributed by atoms with E-state index in [1.54, 1.807) is 6.20 Å². The normalized spacial score (nSPS) is 21.5. The lowest BCUT2D eigenvalue weighted by molar-refractivity contribution is -0.124. The van der Waals surface area contributed by atoms with Gasteiger partial charge in [0.05, 0.1) is 32.9 Å². The summed E-state index contributed by atoms with van der Waals surface area (Å²) in [7, 11) is -4.10. The molecule has 1 saturated heterocycles. The number of aromatic nitrogens is 3. The van der Waals surface area contributed by atoms with E-state index < -0.39 is 22.0 Å². The fourth-order valence-electron chi connectivity index (χ4n) is 6.14. The number of sulfonamides is 1. The van der Waals surface area contributed by atoms with Crippen LogP contribution in [-0.2, 0) is 34.2 Å². The molecule has 2 aromatic carbocycles. The van der Waals surface area contributed by atoms with E-state index in [2.05, 4.69) is 38.7 Å².